The van der Waals surface area contributed by atoms with Crippen molar-refractivity contribution in [3.8, 4) is 0 Å². The summed E-state index contributed by atoms with van der Waals surface area (Å²) in [4.78, 5) is 32.2. The van der Waals surface area contributed by atoms with Crippen molar-refractivity contribution in [1.29, 1.82) is 0 Å². The van der Waals surface area contributed by atoms with Gasteiger partial charge in [-0.15, -0.1) is 11.3 Å². The molecule has 6 heteroatoms. The van der Waals surface area contributed by atoms with Crippen LogP contribution in [0.4, 0.5) is 0 Å². The number of ketones is 1. The summed E-state index contributed by atoms with van der Waals surface area (Å²) < 4.78 is 1.16. The van der Waals surface area contributed by atoms with Crippen LogP contribution in [0.25, 0.3) is 10.1 Å². The van der Waals surface area contributed by atoms with Crippen molar-refractivity contribution in [2.45, 2.75) is 49.8 Å². The van der Waals surface area contributed by atoms with Gasteiger partial charge in [0, 0.05) is 27.0 Å². The Hall–Kier alpha value is -3.22. The summed E-state index contributed by atoms with van der Waals surface area (Å²) in [5.41, 5.74) is 3.54. The van der Waals surface area contributed by atoms with E-state index in [1.807, 2.05) is 60.7 Å². The van der Waals surface area contributed by atoms with Crippen LogP contribution in [0.15, 0.2) is 87.7 Å². The summed E-state index contributed by atoms with van der Waals surface area (Å²) >= 11 is 3.21. The Bertz CT molecular complexity index is 1370. The number of carbonyl (C=O) groups excluding carboxylic acids is 2. The largest absolute Gasteiger partial charge is 0.331 e. The molecule has 0 atom stereocenters. The predicted octanol–water partition coefficient (Wildman–Crippen LogP) is 7.91. The van der Waals surface area contributed by atoms with E-state index < -0.39 is 5.97 Å². The van der Waals surface area contributed by atoms with E-state index >= 15 is 0 Å². The van der Waals surface area contributed by atoms with Crippen LogP contribution >= 0.6 is 23.1 Å². The van der Waals surface area contributed by atoms with Crippen molar-refractivity contribution in [3.05, 3.63) is 94.4 Å². The van der Waals surface area contributed by atoms with Gasteiger partial charge in [-0.1, -0.05) is 67.5 Å². The van der Waals surface area contributed by atoms with Crippen LogP contribution in [0.3, 0.4) is 0 Å². The van der Waals surface area contributed by atoms with Crippen LogP contribution in [0, 0.1) is 0 Å². The normalized spacial score (nSPS) is 11.6. The van der Waals surface area contributed by atoms with Crippen LogP contribution in [-0.2, 0) is 16.1 Å². The lowest BCUT2D eigenvalue weighted by molar-refractivity contribution is -0.140. The molecule has 3 aromatic carbocycles. The van der Waals surface area contributed by atoms with Gasteiger partial charge in [-0.3, -0.25) is 4.79 Å². The maximum atomic E-state index is 13.3. The van der Waals surface area contributed by atoms with Crippen molar-refractivity contribution >= 4 is 50.6 Å². The second-order valence-corrected chi connectivity index (χ2v) is 10.3. The molecule has 35 heavy (non-hydrogen) atoms. The third-order valence-corrected chi connectivity index (χ3v) is 7.80. The fraction of sp³-hybridized carbons (Fsp3) is 0.207. The molecule has 1 aromatic heterocycles. The van der Waals surface area contributed by atoms with Crippen molar-refractivity contribution < 1.29 is 14.4 Å². The number of aryl methyl sites for hydroxylation is 1. The lowest BCUT2D eigenvalue weighted by Crippen LogP contribution is -2.03. The van der Waals surface area contributed by atoms with Crippen LogP contribution in [0.1, 0.15) is 60.0 Å². The third-order valence-electron chi connectivity index (χ3n) is 5.57. The minimum atomic E-state index is -0.425. The van der Waals surface area contributed by atoms with Gasteiger partial charge < -0.3 is 4.84 Å². The van der Waals surface area contributed by atoms with Gasteiger partial charge in [0.05, 0.1) is 10.6 Å². The lowest BCUT2D eigenvalue weighted by Gasteiger charge is -2.07. The van der Waals surface area contributed by atoms with Gasteiger partial charge in [-0.05, 0) is 71.8 Å². The van der Waals surface area contributed by atoms with E-state index in [2.05, 4.69) is 31.1 Å². The molecule has 4 rings (SSSR count). The number of carbonyl (C=O) groups is 2. The van der Waals surface area contributed by atoms with E-state index in [1.165, 1.54) is 12.3 Å². The predicted molar refractivity (Wildman–Crippen MR) is 145 cm³/mol. The Kier molecular flexibility index (Phi) is 8.16. The molecule has 0 aliphatic carbocycles. The van der Waals surface area contributed by atoms with Crippen LogP contribution < -0.4 is 0 Å². The Morgan fingerprint density at radius 3 is 2.11 bits per heavy atom. The minimum absolute atomic E-state index is 0.0828. The van der Waals surface area contributed by atoms with Crippen molar-refractivity contribution in [2.24, 2.45) is 5.16 Å². The molecule has 0 aliphatic rings. The second-order valence-electron chi connectivity index (χ2n) is 8.11. The molecular formula is C29H27NO3S2. The second kappa shape index (κ2) is 11.5. The number of benzene rings is 3. The van der Waals surface area contributed by atoms with E-state index in [9.17, 15) is 9.59 Å². The Morgan fingerprint density at radius 1 is 0.886 bits per heavy atom. The first kappa shape index (κ1) is 24.9. The van der Waals surface area contributed by atoms with E-state index in [0.717, 1.165) is 55.5 Å². The van der Waals surface area contributed by atoms with Crippen molar-refractivity contribution in [1.82, 2.24) is 0 Å². The van der Waals surface area contributed by atoms with E-state index in [4.69, 9.17) is 4.84 Å². The van der Waals surface area contributed by atoms with E-state index in [1.54, 1.807) is 23.1 Å². The van der Waals surface area contributed by atoms with Gasteiger partial charge in [0.1, 0.15) is 0 Å². The molecular weight excluding hydrogens is 474 g/mol. The molecule has 4 nitrogen and oxygen atoms in total. The maximum absolute atomic E-state index is 13.3. The standard InChI is InChI=1S/C29H27NO3S2/c1-4-8-26(30-33-19(3)31)20-11-15-22(16-12-20)34-23-17-13-21(14-18-23)28(32)29-24(5-2)25-9-6-7-10-27(25)35-29/h6-7,9-18H,4-5,8H2,1-3H3/b30-26+. The smallest absolute Gasteiger partial charge is 0.318 e. The molecule has 178 valence electrons. The average molecular weight is 502 g/mol. The summed E-state index contributed by atoms with van der Waals surface area (Å²) in [5.74, 6) is -0.342. The van der Waals surface area contributed by atoms with Gasteiger partial charge in [0.2, 0.25) is 5.78 Å². The molecule has 4 aromatic rings. The highest BCUT2D eigenvalue weighted by atomic mass is 32.2. The Morgan fingerprint density at radius 2 is 1.51 bits per heavy atom. The molecule has 0 aliphatic heterocycles. The first-order valence-electron chi connectivity index (χ1n) is 11.7. The molecule has 0 N–H and O–H groups in total. The molecule has 0 unspecified atom stereocenters. The van der Waals surface area contributed by atoms with Gasteiger partial charge >= 0.3 is 5.97 Å². The summed E-state index contributed by atoms with van der Waals surface area (Å²) in [7, 11) is 0. The quantitative estimate of drug-likeness (QED) is 0.101. The maximum Gasteiger partial charge on any atom is 0.331 e. The van der Waals surface area contributed by atoms with Gasteiger partial charge in [-0.2, -0.15) is 0 Å². The number of thiophene rings is 1. The number of hydrogen-bond donors (Lipinski definition) is 0. The average Bonchev–Trinajstić information content (AvgIpc) is 3.26. The summed E-state index contributed by atoms with van der Waals surface area (Å²) in [6.07, 6.45) is 2.47. The van der Waals surface area contributed by atoms with Crippen LogP contribution in [-0.4, -0.2) is 17.5 Å². The van der Waals surface area contributed by atoms with E-state index in [-0.39, 0.29) is 5.78 Å². The van der Waals surface area contributed by atoms with Gasteiger partial charge in [0.25, 0.3) is 0 Å². The topological polar surface area (TPSA) is 55.7 Å². The molecule has 0 amide bonds. The lowest BCUT2D eigenvalue weighted by atomic mass is 10.0. The van der Waals surface area contributed by atoms with Crippen molar-refractivity contribution in [2.75, 3.05) is 0 Å². The molecule has 0 fully saturated rings. The first-order valence-corrected chi connectivity index (χ1v) is 13.3. The zero-order chi connectivity index (χ0) is 24.8. The zero-order valence-corrected chi connectivity index (χ0v) is 21.7. The number of rotatable bonds is 9. The number of hydrogen-bond acceptors (Lipinski definition) is 6. The van der Waals surface area contributed by atoms with Gasteiger partial charge in [-0.25, -0.2) is 4.79 Å². The van der Waals surface area contributed by atoms with Crippen LogP contribution in [0.5, 0.6) is 0 Å². The molecule has 0 saturated carbocycles. The SMILES string of the molecule is CCC/C(=N\OC(C)=O)c1ccc(Sc2ccc(C(=O)c3sc4ccccc4c3CC)cc2)cc1. The highest BCUT2D eigenvalue weighted by Gasteiger charge is 2.18. The Balaban J connectivity index is 1.48. The number of oxime groups is 1. The number of nitrogens with zero attached hydrogens (tertiary/aromatic N) is 1. The monoisotopic (exact) mass is 501 g/mol. The summed E-state index contributed by atoms with van der Waals surface area (Å²) in [6.45, 7) is 5.51. The molecule has 0 spiro atoms. The van der Waals surface area contributed by atoms with Crippen molar-refractivity contribution in [3.63, 3.8) is 0 Å². The first-order chi connectivity index (χ1) is 17.0. The highest BCUT2D eigenvalue weighted by Crippen LogP contribution is 2.34. The minimum Gasteiger partial charge on any atom is -0.318 e. The van der Waals surface area contributed by atoms with Crippen LogP contribution in [0.2, 0.25) is 0 Å². The zero-order valence-electron chi connectivity index (χ0n) is 20.0. The molecule has 1 heterocycles. The van der Waals surface area contributed by atoms with Gasteiger partial charge in [0.15, 0.2) is 0 Å². The fourth-order valence-electron chi connectivity index (χ4n) is 3.89. The molecule has 0 bridgehead atoms. The third kappa shape index (κ3) is 5.89. The highest BCUT2D eigenvalue weighted by molar-refractivity contribution is 7.99. The summed E-state index contributed by atoms with van der Waals surface area (Å²) in [5, 5.41) is 5.18. The van der Waals surface area contributed by atoms with E-state index in [0.29, 0.717) is 5.56 Å². The fourth-order valence-corrected chi connectivity index (χ4v) is 5.96. The molecule has 0 radical (unpaired) electrons. The Labute approximate surface area is 214 Å². The summed E-state index contributed by atoms with van der Waals surface area (Å²) in [6, 6.07) is 24.1. The number of fused-ring (bicyclic) bond motifs is 1. The molecule has 0 saturated heterocycles.